The second kappa shape index (κ2) is 3.28. The third kappa shape index (κ3) is 1.87. The van der Waals surface area contributed by atoms with Crippen LogP contribution in [0.1, 0.15) is 31.3 Å². The fourth-order valence-corrected chi connectivity index (χ4v) is 0.808. The zero-order chi connectivity index (χ0) is 8.27. The van der Waals surface area contributed by atoms with E-state index in [-0.39, 0.29) is 0 Å². The first-order valence-electron chi connectivity index (χ1n) is 3.69. The number of nitrogens with zero attached hydrogens (tertiary/aromatic N) is 2. The summed E-state index contributed by atoms with van der Waals surface area (Å²) in [6.45, 7) is 7.82. The number of aromatic nitrogens is 2. The molecule has 2 nitrogen and oxygen atoms in total. The van der Waals surface area contributed by atoms with Gasteiger partial charge in [-0.05, 0) is 18.1 Å². The molecule has 1 rings (SSSR count). The first kappa shape index (κ1) is 7.92. The van der Waals surface area contributed by atoms with E-state index in [0.717, 1.165) is 5.69 Å². The lowest BCUT2D eigenvalue weighted by Gasteiger charge is -2.02. The van der Waals surface area contributed by atoms with Crippen LogP contribution in [0.4, 0.5) is 0 Å². The Hall–Kier alpha value is -1.18. The molecule has 2 heteroatoms. The van der Waals surface area contributed by atoms with Gasteiger partial charge >= 0.3 is 0 Å². The van der Waals surface area contributed by atoms with E-state index in [1.165, 1.54) is 0 Å². The SMILES string of the molecule is C=Cc1nccc(C(C)C)n1. The molecule has 1 aromatic heterocycles. The highest BCUT2D eigenvalue weighted by atomic mass is 14.9. The summed E-state index contributed by atoms with van der Waals surface area (Å²) < 4.78 is 0. The van der Waals surface area contributed by atoms with E-state index in [1.807, 2.05) is 6.07 Å². The molecule has 0 fully saturated rings. The maximum Gasteiger partial charge on any atom is 0.151 e. The largest absolute Gasteiger partial charge is 0.237 e. The van der Waals surface area contributed by atoms with Crippen LogP contribution in [0.2, 0.25) is 0 Å². The number of rotatable bonds is 2. The highest BCUT2D eigenvalue weighted by Gasteiger charge is 1.99. The Morgan fingerprint density at radius 1 is 1.55 bits per heavy atom. The second-order valence-corrected chi connectivity index (χ2v) is 2.70. The fraction of sp³-hybridized carbons (Fsp3) is 0.333. The Labute approximate surface area is 67.0 Å². The van der Waals surface area contributed by atoms with E-state index >= 15 is 0 Å². The minimum absolute atomic E-state index is 0.455. The van der Waals surface area contributed by atoms with Gasteiger partial charge in [0.15, 0.2) is 5.82 Å². The van der Waals surface area contributed by atoms with Crippen LogP contribution < -0.4 is 0 Å². The van der Waals surface area contributed by atoms with Crippen LogP contribution in [0, 0.1) is 0 Å². The predicted molar refractivity (Wildman–Crippen MR) is 46.2 cm³/mol. The summed E-state index contributed by atoms with van der Waals surface area (Å²) in [6.07, 6.45) is 3.42. The molecule has 0 unspecified atom stereocenters. The summed E-state index contributed by atoms with van der Waals surface area (Å²) >= 11 is 0. The number of hydrogen-bond donors (Lipinski definition) is 0. The smallest absolute Gasteiger partial charge is 0.151 e. The van der Waals surface area contributed by atoms with Crippen LogP contribution in [0.25, 0.3) is 6.08 Å². The topological polar surface area (TPSA) is 25.8 Å². The van der Waals surface area contributed by atoms with Gasteiger partial charge in [-0.3, -0.25) is 0 Å². The molecule has 0 spiro atoms. The van der Waals surface area contributed by atoms with Gasteiger partial charge in [0.05, 0.1) is 0 Å². The Bertz CT molecular complexity index is 253. The van der Waals surface area contributed by atoms with E-state index in [1.54, 1.807) is 12.3 Å². The monoisotopic (exact) mass is 148 g/mol. The summed E-state index contributed by atoms with van der Waals surface area (Å²) in [5.41, 5.74) is 1.06. The second-order valence-electron chi connectivity index (χ2n) is 2.70. The molecule has 0 aromatic carbocycles. The fourth-order valence-electron chi connectivity index (χ4n) is 0.808. The van der Waals surface area contributed by atoms with Gasteiger partial charge in [0.1, 0.15) is 0 Å². The molecule has 11 heavy (non-hydrogen) atoms. The van der Waals surface area contributed by atoms with Crippen molar-refractivity contribution in [2.75, 3.05) is 0 Å². The molecular formula is C9H12N2. The molecule has 0 saturated carbocycles. The van der Waals surface area contributed by atoms with Crippen molar-refractivity contribution >= 4 is 6.08 Å². The zero-order valence-electron chi connectivity index (χ0n) is 6.91. The molecule has 1 heterocycles. The maximum atomic E-state index is 4.26. The first-order chi connectivity index (χ1) is 5.24. The lowest BCUT2D eigenvalue weighted by atomic mass is 10.1. The van der Waals surface area contributed by atoms with E-state index in [0.29, 0.717) is 11.7 Å². The van der Waals surface area contributed by atoms with Gasteiger partial charge in [-0.25, -0.2) is 9.97 Å². The van der Waals surface area contributed by atoms with E-state index < -0.39 is 0 Å². The molecule has 0 N–H and O–H groups in total. The Balaban J connectivity index is 3.00. The lowest BCUT2D eigenvalue weighted by molar-refractivity contribution is 0.811. The van der Waals surface area contributed by atoms with E-state index in [9.17, 15) is 0 Å². The van der Waals surface area contributed by atoms with Gasteiger partial charge in [0.25, 0.3) is 0 Å². The van der Waals surface area contributed by atoms with Gasteiger partial charge in [-0.15, -0.1) is 0 Å². The standard InChI is InChI=1S/C9H12N2/c1-4-9-10-6-5-8(11-9)7(2)3/h4-7H,1H2,2-3H3. The summed E-state index contributed by atoms with van der Waals surface area (Å²) in [5.74, 6) is 1.16. The van der Waals surface area contributed by atoms with E-state index in [4.69, 9.17) is 0 Å². The molecule has 58 valence electrons. The minimum Gasteiger partial charge on any atom is -0.237 e. The van der Waals surface area contributed by atoms with E-state index in [2.05, 4.69) is 30.4 Å². The van der Waals surface area contributed by atoms with Crippen LogP contribution >= 0.6 is 0 Å². The maximum absolute atomic E-state index is 4.26. The molecule has 0 bridgehead atoms. The molecule has 0 atom stereocenters. The summed E-state index contributed by atoms with van der Waals surface area (Å²) in [7, 11) is 0. The third-order valence-corrected chi connectivity index (χ3v) is 1.47. The van der Waals surface area contributed by atoms with Gasteiger partial charge in [0, 0.05) is 11.9 Å². The van der Waals surface area contributed by atoms with Gasteiger partial charge in [0.2, 0.25) is 0 Å². The van der Waals surface area contributed by atoms with Crippen LogP contribution in [-0.2, 0) is 0 Å². The van der Waals surface area contributed by atoms with Crippen molar-refractivity contribution in [1.82, 2.24) is 9.97 Å². The first-order valence-corrected chi connectivity index (χ1v) is 3.69. The van der Waals surface area contributed by atoms with Gasteiger partial charge < -0.3 is 0 Å². The Kier molecular flexibility index (Phi) is 2.36. The average Bonchev–Trinajstić information content (AvgIpc) is 2.05. The van der Waals surface area contributed by atoms with Gasteiger partial charge in [-0.2, -0.15) is 0 Å². The van der Waals surface area contributed by atoms with Crippen molar-refractivity contribution in [3.05, 3.63) is 30.4 Å². The van der Waals surface area contributed by atoms with Crippen molar-refractivity contribution in [1.29, 1.82) is 0 Å². The van der Waals surface area contributed by atoms with Crippen LogP contribution in [0.3, 0.4) is 0 Å². The highest BCUT2D eigenvalue weighted by molar-refractivity contribution is 5.35. The third-order valence-electron chi connectivity index (χ3n) is 1.47. The van der Waals surface area contributed by atoms with Crippen LogP contribution in [-0.4, -0.2) is 9.97 Å². The molecule has 0 saturated heterocycles. The summed E-state index contributed by atoms with van der Waals surface area (Å²) in [4.78, 5) is 8.27. The van der Waals surface area contributed by atoms with Gasteiger partial charge in [-0.1, -0.05) is 20.4 Å². The number of hydrogen-bond acceptors (Lipinski definition) is 2. The van der Waals surface area contributed by atoms with Crippen molar-refractivity contribution in [2.24, 2.45) is 0 Å². The Morgan fingerprint density at radius 3 is 2.82 bits per heavy atom. The average molecular weight is 148 g/mol. The molecule has 0 aliphatic heterocycles. The van der Waals surface area contributed by atoms with Crippen molar-refractivity contribution < 1.29 is 0 Å². The van der Waals surface area contributed by atoms with Crippen LogP contribution in [0.5, 0.6) is 0 Å². The Morgan fingerprint density at radius 2 is 2.27 bits per heavy atom. The lowest BCUT2D eigenvalue weighted by Crippen LogP contribution is -1.95. The molecule has 0 aliphatic carbocycles. The predicted octanol–water partition coefficient (Wildman–Crippen LogP) is 2.24. The molecule has 0 amide bonds. The molecular weight excluding hydrogens is 136 g/mol. The highest BCUT2D eigenvalue weighted by Crippen LogP contribution is 2.09. The van der Waals surface area contributed by atoms with Crippen molar-refractivity contribution in [2.45, 2.75) is 19.8 Å². The van der Waals surface area contributed by atoms with Crippen molar-refractivity contribution in [3.8, 4) is 0 Å². The normalized spacial score (nSPS) is 10.1. The quantitative estimate of drug-likeness (QED) is 0.642. The molecule has 0 aliphatic rings. The summed E-state index contributed by atoms with van der Waals surface area (Å²) in [5, 5.41) is 0. The minimum atomic E-state index is 0.455. The molecule has 0 radical (unpaired) electrons. The van der Waals surface area contributed by atoms with Crippen molar-refractivity contribution in [3.63, 3.8) is 0 Å². The van der Waals surface area contributed by atoms with Crippen LogP contribution in [0.15, 0.2) is 18.8 Å². The zero-order valence-corrected chi connectivity index (χ0v) is 6.91. The molecule has 1 aromatic rings. The summed E-state index contributed by atoms with van der Waals surface area (Å²) in [6, 6.07) is 1.93.